The van der Waals surface area contributed by atoms with Crippen LogP contribution in [0.15, 0.2) is 41.2 Å². The van der Waals surface area contributed by atoms with Gasteiger partial charge in [-0.05, 0) is 23.8 Å². The van der Waals surface area contributed by atoms with Crippen LogP contribution in [0.2, 0.25) is 0 Å². The summed E-state index contributed by atoms with van der Waals surface area (Å²) < 4.78 is 0. The summed E-state index contributed by atoms with van der Waals surface area (Å²) in [4.78, 5) is 29.3. The summed E-state index contributed by atoms with van der Waals surface area (Å²) in [6, 6.07) is 7.88. The summed E-state index contributed by atoms with van der Waals surface area (Å²) in [7, 11) is 0. The lowest BCUT2D eigenvalue weighted by Gasteiger charge is -2.28. The molecule has 2 aromatic rings. The zero-order valence-corrected chi connectivity index (χ0v) is 13.9. The van der Waals surface area contributed by atoms with Crippen molar-refractivity contribution in [2.75, 3.05) is 24.5 Å². The second-order valence-corrected chi connectivity index (χ2v) is 6.12. The van der Waals surface area contributed by atoms with Crippen molar-refractivity contribution in [1.29, 1.82) is 0 Å². The van der Waals surface area contributed by atoms with Crippen LogP contribution in [0.5, 0.6) is 0 Å². The number of piperazine rings is 1. The zero-order chi connectivity index (χ0) is 16.8. The summed E-state index contributed by atoms with van der Waals surface area (Å²) in [5.41, 5.74) is 4.54. The predicted octanol–water partition coefficient (Wildman–Crippen LogP) is 1.41. The van der Waals surface area contributed by atoms with Gasteiger partial charge in [0.1, 0.15) is 0 Å². The van der Waals surface area contributed by atoms with Gasteiger partial charge in [-0.1, -0.05) is 12.1 Å². The Morgan fingerprint density at radius 2 is 2.21 bits per heavy atom. The van der Waals surface area contributed by atoms with Crippen molar-refractivity contribution in [2.45, 2.75) is 6.54 Å². The van der Waals surface area contributed by atoms with Crippen LogP contribution < -0.4 is 15.5 Å². The van der Waals surface area contributed by atoms with E-state index in [4.69, 9.17) is 0 Å². The number of rotatable bonds is 5. The molecule has 0 saturated carbocycles. The normalized spacial score (nSPS) is 14.7. The van der Waals surface area contributed by atoms with Crippen LogP contribution in [-0.4, -0.2) is 36.4 Å². The fraction of sp³-hybridized carbons (Fsp3) is 0.235. The highest BCUT2D eigenvalue weighted by atomic mass is 32.1. The van der Waals surface area contributed by atoms with Crippen LogP contribution in [0.1, 0.15) is 11.3 Å². The van der Waals surface area contributed by atoms with E-state index in [1.165, 1.54) is 17.4 Å². The lowest BCUT2D eigenvalue weighted by Crippen LogP contribution is -2.47. The molecular weight excluding hydrogens is 324 g/mol. The summed E-state index contributed by atoms with van der Waals surface area (Å²) >= 11 is 1.49. The molecule has 7 heteroatoms. The van der Waals surface area contributed by atoms with Gasteiger partial charge >= 0.3 is 0 Å². The molecule has 0 spiro atoms. The zero-order valence-electron chi connectivity index (χ0n) is 13.1. The fourth-order valence-corrected chi connectivity index (χ4v) is 2.92. The fourth-order valence-electron chi connectivity index (χ4n) is 2.40. The second kappa shape index (κ2) is 7.74. The molecule has 124 valence electrons. The smallest absolute Gasteiger partial charge is 0.244 e. The van der Waals surface area contributed by atoms with Gasteiger partial charge in [0.2, 0.25) is 11.8 Å². The highest BCUT2D eigenvalue weighted by Gasteiger charge is 2.16. The van der Waals surface area contributed by atoms with E-state index in [0.717, 1.165) is 23.5 Å². The van der Waals surface area contributed by atoms with E-state index in [1.54, 1.807) is 11.6 Å². The maximum Gasteiger partial charge on any atom is 0.244 e. The number of nitrogens with zero attached hydrogens (tertiary/aromatic N) is 2. The molecule has 1 saturated heterocycles. The number of carbonyl (C=O) groups excluding carboxylic acids is 2. The van der Waals surface area contributed by atoms with Crippen molar-refractivity contribution >= 4 is 34.9 Å². The first-order valence-electron chi connectivity index (χ1n) is 7.65. The quantitative estimate of drug-likeness (QED) is 0.806. The first kappa shape index (κ1) is 16.2. The average Bonchev–Trinajstić information content (AvgIpc) is 3.12. The number of hydrogen-bond acceptors (Lipinski definition) is 5. The van der Waals surface area contributed by atoms with E-state index in [-0.39, 0.29) is 11.8 Å². The van der Waals surface area contributed by atoms with Gasteiger partial charge in [0.05, 0.1) is 17.7 Å². The first-order valence-corrected chi connectivity index (χ1v) is 8.60. The molecule has 6 nitrogen and oxygen atoms in total. The van der Waals surface area contributed by atoms with E-state index in [0.29, 0.717) is 19.6 Å². The molecule has 2 N–H and O–H groups in total. The number of anilines is 1. The molecule has 1 aliphatic heterocycles. The molecule has 1 aromatic heterocycles. The topological polar surface area (TPSA) is 74.3 Å². The Bertz CT molecular complexity index is 726. The minimum Gasteiger partial charge on any atom is -0.360 e. The van der Waals surface area contributed by atoms with E-state index in [1.807, 2.05) is 34.5 Å². The Kier molecular flexibility index (Phi) is 5.22. The Hall–Kier alpha value is -2.67. The third-order valence-electron chi connectivity index (χ3n) is 3.66. The van der Waals surface area contributed by atoms with E-state index in [2.05, 4.69) is 15.6 Å². The van der Waals surface area contributed by atoms with Crippen molar-refractivity contribution in [2.24, 2.45) is 0 Å². The number of benzene rings is 1. The molecule has 0 aliphatic carbocycles. The number of carbonyl (C=O) groups is 2. The van der Waals surface area contributed by atoms with Gasteiger partial charge in [0.25, 0.3) is 0 Å². The maximum atomic E-state index is 11.8. The largest absolute Gasteiger partial charge is 0.360 e. The van der Waals surface area contributed by atoms with Crippen molar-refractivity contribution in [3.05, 3.63) is 52.5 Å². The van der Waals surface area contributed by atoms with Crippen molar-refractivity contribution in [3.8, 4) is 0 Å². The molecule has 0 bridgehead atoms. The molecule has 0 atom stereocenters. The monoisotopic (exact) mass is 342 g/mol. The lowest BCUT2D eigenvalue weighted by atomic mass is 10.2. The van der Waals surface area contributed by atoms with Crippen LogP contribution in [0, 0.1) is 0 Å². The number of aromatic nitrogens is 1. The Labute approximate surface area is 144 Å². The van der Waals surface area contributed by atoms with Crippen molar-refractivity contribution in [1.82, 2.24) is 15.6 Å². The summed E-state index contributed by atoms with van der Waals surface area (Å²) in [6.45, 7) is 2.32. The molecule has 0 radical (unpaired) electrons. The van der Waals surface area contributed by atoms with E-state index in [9.17, 15) is 9.59 Å². The Balaban J connectivity index is 1.51. The number of hydrogen-bond donors (Lipinski definition) is 2. The predicted molar refractivity (Wildman–Crippen MR) is 94.7 cm³/mol. The Morgan fingerprint density at radius 1 is 1.38 bits per heavy atom. The SMILES string of the molecule is O=C(/C=C/c1cscn1)NCc1ccc(N2CCNC(=O)C2)cc1. The van der Waals surface area contributed by atoms with Gasteiger partial charge in [-0.15, -0.1) is 11.3 Å². The minimum atomic E-state index is -0.153. The molecule has 1 aromatic carbocycles. The molecule has 1 fully saturated rings. The van der Waals surface area contributed by atoms with Crippen molar-refractivity contribution < 1.29 is 9.59 Å². The third-order valence-corrected chi connectivity index (χ3v) is 4.27. The molecule has 3 rings (SSSR count). The number of nitrogens with one attached hydrogen (secondary N) is 2. The van der Waals surface area contributed by atoms with Gasteiger partial charge in [0, 0.05) is 36.8 Å². The number of amides is 2. The number of thiazole rings is 1. The highest BCUT2D eigenvalue weighted by molar-refractivity contribution is 7.07. The molecule has 0 unspecified atom stereocenters. The second-order valence-electron chi connectivity index (χ2n) is 5.40. The molecule has 1 aliphatic rings. The van der Waals surface area contributed by atoms with Gasteiger partial charge in [-0.25, -0.2) is 4.98 Å². The van der Waals surface area contributed by atoms with Gasteiger partial charge in [-0.3, -0.25) is 9.59 Å². The highest BCUT2D eigenvalue weighted by Crippen LogP contribution is 2.16. The van der Waals surface area contributed by atoms with Crippen molar-refractivity contribution in [3.63, 3.8) is 0 Å². The van der Waals surface area contributed by atoms with Crippen LogP contribution in [0.3, 0.4) is 0 Å². The average molecular weight is 342 g/mol. The van der Waals surface area contributed by atoms with E-state index < -0.39 is 0 Å². The van der Waals surface area contributed by atoms with Crippen LogP contribution in [0.25, 0.3) is 6.08 Å². The molecular formula is C17H18N4O2S. The summed E-state index contributed by atoms with van der Waals surface area (Å²) in [6.07, 6.45) is 3.17. The maximum absolute atomic E-state index is 11.8. The molecule has 24 heavy (non-hydrogen) atoms. The lowest BCUT2D eigenvalue weighted by molar-refractivity contribution is -0.120. The standard InChI is InChI=1S/C17H18N4O2S/c22-16(6-3-14-11-24-12-20-14)19-9-13-1-4-15(5-2-13)21-8-7-18-17(23)10-21/h1-6,11-12H,7-10H2,(H,18,23)(H,19,22)/b6-3+. The van der Waals surface area contributed by atoms with Gasteiger partial charge < -0.3 is 15.5 Å². The van der Waals surface area contributed by atoms with E-state index >= 15 is 0 Å². The first-order chi connectivity index (χ1) is 11.7. The summed E-state index contributed by atoms with van der Waals surface area (Å²) in [5, 5.41) is 7.53. The molecule has 2 heterocycles. The van der Waals surface area contributed by atoms with Crippen LogP contribution >= 0.6 is 11.3 Å². The third kappa shape index (κ3) is 4.42. The van der Waals surface area contributed by atoms with Gasteiger partial charge in [-0.2, -0.15) is 0 Å². The Morgan fingerprint density at radius 3 is 2.92 bits per heavy atom. The van der Waals surface area contributed by atoms with Crippen LogP contribution in [-0.2, 0) is 16.1 Å². The van der Waals surface area contributed by atoms with Crippen LogP contribution in [0.4, 0.5) is 5.69 Å². The minimum absolute atomic E-state index is 0.0458. The molecule has 2 amide bonds. The van der Waals surface area contributed by atoms with Gasteiger partial charge in [0.15, 0.2) is 0 Å². The summed E-state index contributed by atoms with van der Waals surface area (Å²) in [5.74, 6) is -0.107.